The number of halogens is 2. The fraction of sp³-hybridized carbons (Fsp3) is 0.0952. The Morgan fingerprint density at radius 1 is 0.923 bits per heavy atom. The highest BCUT2D eigenvalue weighted by Crippen LogP contribution is 2.37. The molecule has 0 aliphatic carbocycles. The quantitative estimate of drug-likeness (QED) is 0.465. The van der Waals surface area contributed by atoms with Crippen molar-refractivity contribution in [3.05, 3.63) is 76.3 Å². The summed E-state index contributed by atoms with van der Waals surface area (Å²) in [7, 11) is 0. The summed E-state index contributed by atoms with van der Waals surface area (Å²) >= 11 is 12.5. The van der Waals surface area contributed by atoms with Gasteiger partial charge in [-0.3, -0.25) is 0 Å². The van der Waals surface area contributed by atoms with Crippen LogP contribution in [0, 0.1) is 0 Å². The molecule has 26 heavy (non-hydrogen) atoms. The van der Waals surface area contributed by atoms with Crippen LogP contribution in [0.2, 0.25) is 10.0 Å². The normalized spacial score (nSPS) is 13.0. The van der Waals surface area contributed by atoms with E-state index in [2.05, 4.69) is 47.8 Å². The van der Waals surface area contributed by atoms with Crippen molar-refractivity contribution in [3.63, 3.8) is 0 Å². The van der Waals surface area contributed by atoms with Crippen molar-refractivity contribution in [1.82, 2.24) is 9.78 Å². The summed E-state index contributed by atoms with van der Waals surface area (Å²) in [6, 6.07) is 20.3. The predicted octanol–water partition coefficient (Wildman–Crippen LogP) is 5.97. The molecule has 0 atom stereocenters. The highest BCUT2D eigenvalue weighted by Gasteiger charge is 2.24. The third-order valence-electron chi connectivity index (χ3n) is 4.81. The van der Waals surface area contributed by atoms with E-state index in [0.717, 1.165) is 35.7 Å². The minimum absolute atomic E-state index is 0.585. The molecule has 0 amide bonds. The van der Waals surface area contributed by atoms with E-state index >= 15 is 0 Å². The molecule has 5 rings (SSSR count). The van der Waals surface area contributed by atoms with Gasteiger partial charge in [-0.1, -0.05) is 59.6 Å². The summed E-state index contributed by atoms with van der Waals surface area (Å²) in [6.07, 6.45) is 0.947. The van der Waals surface area contributed by atoms with Crippen LogP contribution in [0.3, 0.4) is 0 Å². The van der Waals surface area contributed by atoms with Crippen LogP contribution in [0.1, 0.15) is 5.56 Å². The Labute approximate surface area is 161 Å². The van der Waals surface area contributed by atoms with Crippen molar-refractivity contribution in [2.24, 2.45) is 0 Å². The molecule has 0 bridgehead atoms. The third kappa shape index (κ3) is 2.47. The van der Waals surface area contributed by atoms with Crippen molar-refractivity contribution in [2.75, 3.05) is 11.9 Å². The molecule has 5 heteroatoms. The summed E-state index contributed by atoms with van der Waals surface area (Å²) in [6.45, 7) is 0.902. The molecule has 0 unspecified atom stereocenters. The van der Waals surface area contributed by atoms with Gasteiger partial charge in [-0.2, -0.15) is 5.10 Å². The molecule has 1 N–H and O–H groups in total. The fourth-order valence-electron chi connectivity index (χ4n) is 3.57. The zero-order valence-electron chi connectivity index (χ0n) is 13.8. The van der Waals surface area contributed by atoms with Gasteiger partial charge in [0.2, 0.25) is 0 Å². The number of aromatic nitrogens is 2. The minimum atomic E-state index is 0.585. The maximum Gasteiger partial charge on any atom is 0.133 e. The highest BCUT2D eigenvalue weighted by atomic mass is 35.5. The van der Waals surface area contributed by atoms with Gasteiger partial charge in [-0.05, 0) is 41.5 Å². The molecule has 1 aliphatic heterocycles. The number of hydrogen-bond acceptors (Lipinski definition) is 2. The number of anilines is 1. The smallest absolute Gasteiger partial charge is 0.133 e. The molecule has 2 heterocycles. The molecule has 1 aromatic heterocycles. The van der Waals surface area contributed by atoms with Crippen LogP contribution in [0.25, 0.3) is 27.7 Å². The van der Waals surface area contributed by atoms with Crippen molar-refractivity contribution >= 4 is 39.8 Å². The van der Waals surface area contributed by atoms with Gasteiger partial charge in [-0.25, -0.2) is 4.68 Å². The SMILES string of the molecule is Clc1ccc(-n2nc(-c3ccc4ccccc4c3)c3c2NCC3)c(Cl)c1. The van der Waals surface area contributed by atoms with E-state index < -0.39 is 0 Å². The number of hydrogen-bond donors (Lipinski definition) is 1. The molecule has 0 radical (unpaired) electrons. The fourth-order valence-corrected chi connectivity index (χ4v) is 4.06. The number of nitrogens with one attached hydrogen (secondary N) is 1. The Morgan fingerprint density at radius 2 is 1.77 bits per heavy atom. The molecule has 0 saturated carbocycles. The van der Waals surface area contributed by atoms with E-state index in [1.807, 2.05) is 16.8 Å². The Kier molecular flexibility index (Phi) is 3.66. The van der Waals surface area contributed by atoms with Crippen molar-refractivity contribution in [1.29, 1.82) is 0 Å². The van der Waals surface area contributed by atoms with Gasteiger partial charge in [-0.15, -0.1) is 0 Å². The Bertz CT molecular complexity index is 1150. The molecule has 3 aromatic carbocycles. The second-order valence-electron chi connectivity index (χ2n) is 6.42. The lowest BCUT2D eigenvalue weighted by atomic mass is 10.0. The lowest BCUT2D eigenvalue weighted by Crippen LogP contribution is -2.04. The number of benzene rings is 3. The predicted molar refractivity (Wildman–Crippen MR) is 109 cm³/mol. The first-order valence-corrected chi connectivity index (χ1v) is 9.27. The summed E-state index contributed by atoms with van der Waals surface area (Å²) in [5, 5.41) is 12.0. The van der Waals surface area contributed by atoms with Crippen LogP contribution in [0.4, 0.5) is 5.82 Å². The number of rotatable bonds is 2. The highest BCUT2D eigenvalue weighted by molar-refractivity contribution is 6.35. The zero-order chi connectivity index (χ0) is 17.7. The third-order valence-corrected chi connectivity index (χ3v) is 5.35. The molecule has 128 valence electrons. The van der Waals surface area contributed by atoms with E-state index in [4.69, 9.17) is 28.3 Å². The lowest BCUT2D eigenvalue weighted by Gasteiger charge is -2.08. The zero-order valence-corrected chi connectivity index (χ0v) is 15.3. The van der Waals surface area contributed by atoms with E-state index in [0.29, 0.717) is 10.0 Å². The average Bonchev–Trinajstić information content (AvgIpc) is 3.24. The molecule has 0 saturated heterocycles. The largest absolute Gasteiger partial charge is 0.369 e. The first kappa shape index (κ1) is 15.7. The number of nitrogens with zero attached hydrogens (tertiary/aromatic N) is 2. The summed E-state index contributed by atoms with van der Waals surface area (Å²) in [5.41, 5.74) is 4.18. The molecular formula is C21H15Cl2N3. The van der Waals surface area contributed by atoms with Crippen molar-refractivity contribution in [3.8, 4) is 16.9 Å². The van der Waals surface area contributed by atoms with Crippen molar-refractivity contribution in [2.45, 2.75) is 6.42 Å². The van der Waals surface area contributed by atoms with E-state index in [1.165, 1.54) is 16.3 Å². The van der Waals surface area contributed by atoms with Crippen LogP contribution >= 0.6 is 23.2 Å². The Hall–Kier alpha value is -2.49. The van der Waals surface area contributed by atoms with Gasteiger partial charge in [0.25, 0.3) is 0 Å². The van der Waals surface area contributed by atoms with E-state index in [1.54, 1.807) is 6.07 Å². The van der Waals surface area contributed by atoms with Crippen LogP contribution in [0.15, 0.2) is 60.7 Å². The minimum Gasteiger partial charge on any atom is -0.369 e. The van der Waals surface area contributed by atoms with Crippen molar-refractivity contribution < 1.29 is 0 Å². The Morgan fingerprint density at radius 3 is 2.62 bits per heavy atom. The van der Waals surface area contributed by atoms with E-state index in [-0.39, 0.29) is 0 Å². The van der Waals surface area contributed by atoms with Crippen LogP contribution in [0.5, 0.6) is 0 Å². The summed E-state index contributed by atoms with van der Waals surface area (Å²) < 4.78 is 1.89. The van der Waals surface area contributed by atoms with Gasteiger partial charge >= 0.3 is 0 Å². The van der Waals surface area contributed by atoms with E-state index in [9.17, 15) is 0 Å². The van der Waals surface area contributed by atoms with Gasteiger partial charge < -0.3 is 5.32 Å². The van der Waals surface area contributed by atoms with Gasteiger partial charge in [0.1, 0.15) is 5.82 Å². The van der Waals surface area contributed by atoms with Crippen LogP contribution < -0.4 is 5.32 Å². The molecular weight excluding hydrogens is 365 g/mol. The van der Waals surface area contributed by atoms with Gasteiger partial charge in [0, 0.05) is 22.7 Å². The number of fused-ring (bicyclic) bond motifs is 2. The second-order valence-corrected chi connectivity index (χ2v) is 7.27. The average molecular weight is 380 g/mol. The van der Waals surface area contributed by atoms with Gasteiger partial charge in [0.05, 0.1) is 16.4 Å². The first-order chi connectivity index (χ1) is 12.7. The molecule has 3 nitrogen and oxygen atoms in total. The maximum absolute atomic E-state index is 6.43. The second kappa shape index (κ2) is 6.04. The van der Waals surface area contributed by atoms with Crippen LogP contribution in [-0.2, 0) is 6.42 Å². The standard InChI is InChI=1S/C21H15Cl2N3/c22-16-7-8-19(18(23)12-16)26-21-17(9-10-24-21)20(25-26)15-6-5-13-3-1-2-4-14(13)11-15/h1-8,11-12,24H,9-10H2. The first-order valence-electron chi connectivity index (χ1n) is 8.51. The van der Waals surface area contributed by atoms with Gasteiger partial charge in [0.15, 0.2) is 0 Å². The summed E-state index contributed by atoms with van der Waals surface area (Å²) in [5.74, 6) is 1.01. The lowest BCUT2D eigenvalue weighted by molar-refractivity contribution is 0.883. The van der Waals surface area contributed by atoms with Crippen LogP contribution in [-0.4, -0.2) is 16.3 Å². The molecule has 0 fully saturated rings. The topological polar surface area (TPSA) is 29.9 Å². The monoisotopic (exact) mass is 379 g/mol. The summed E-state index contributed by atoms with van der Waals surface area (Å²) in [4.78, 5) is 0. The molecule has 0 spiro atoms. The Balaban J connectivity index is 1.70. The molecule has 1 aliphatic rings. The molecule has 4 aromatic rings. The maximum atomic E-state index is 6.43.